The summed E-state index contributed by atoms with van der Waals surface area (Å²) in [6.45, 7) is 0.0853. The number of aromatic nitrogens is 2. The maximum absolute atomic E-state index is 11.0. The molecule has 0 saturated carbocycles. The average Bonchev–Trinajstić information content (AvgIpc) is 2.77. The smallest absolute Gasteiger partial charge is 0.312 e. The van der Waals surface area contributed by atoms with E-state index >= 15 is 0 Å². The second-order valence-corrected chi connectivity index (χ2v) is 4.74. The minimum atomic E-state index is -0.910. The predicted molar refractivity (Wildman–Crippen MR) is 70.7 cm³/mol. The Morgan fingerprint density at radius 1 is 1.44 bits per heavy atom. The molecular formula is C12H12BrN3O2. The van der Waals surface area contributed by atoms with Crippen molar-refractivity contribution in [3.05, 3.63) is 46.7 Å². The number of carboxylic acid groups (broad SMARTS) is 1. The van der Waals surface area contributed by atoms with Crippen molar-refractivity contribution in [2.45, 2.75) is 5.92 Å². The normalized spacial score (nSPS) is 12.3. The van der Waals surface area contributed by atoms with Gasteiger partial charge in [0.05, 0.1) is 22.3 Å². The van der Waals surface area contributed by atoms with Gasteiger partial charge in [-0.05, 0) is 33.6 Å². The molecule has 1 heterocycles. The highest BCUT2D eigenvalue weighted by Crippen LogP contribution is 2.18. The maximum Gasteiger partial charge on any atom is 0.312 e. The molecule has 0 saturated heterocycles. The van der Waals surface area contributed by atoms with Crippen LogP contribution in [0.1, 0.15) is 11.5 Å². The highest BCUT2D eigenvalue weighted by atomic mass is 79.9. The Hall–Kier alpha value is -1.66. The van der Waals surface area contributed by atoms with Crippen LogP contribution < -0.4 is 5.73 Å². The number of carbonyl (C=O) groups is 1. The standard InChI is InChI=1S/C12H12BrN3O2/c13-9-6-15-16(7-9)10-3-1-8(2-4-10)11(5-14)12(17)18/h1-4,6-7,11H,5,14H2,(H,17,18). The number of benzene rings is 1. The van der Waals surface area contributed by atoms with Crippen molar-refractivity contribution in [1.82, 2.24) is 9.78 Å². The van der Waals surface area contributed by atoms with Crippen molar-refractivity contribution in [2.24, 2.45) is 5.73 Å². The Balaban J connectivity index is 2.27. The Morgan fingerprint density at radius 2 is 2.11 bits per heavy atom. The maximum atomic E-state index is 11.0. The molecule has 0 spiro atoms. The minimum Gasteiger partial charge on any atom is -0.481 e. The SMILES string of the molecule is NCC(C(=O)O)c1ccc(-n2cc(Br)cn2)cc1. The van der Waals surface area contributed by atoms with Gasteiger partial charge in [-0.15, -0.1) is 0 Å². The van der Waals surface area contributed by atoms with E-state index in [1.807, 2.05) is 18.3 Å². The number of carboxylic acids is 1. The van der Waals surface area contributed by atoms with E-state index in [1.54, 1.807) is 23.0 Å². The van der Waals surface area contributed by atoms with Crippen LogP contribution >= 0.6 is 15.9 Å². The molecule has 1 atom stereocenters. The summed E-state index contributed by atoms with van der Waals surface area (Å²) >= 11 is 3.32. The van der Waals surface area contributed by atoms with Crippen LogP contribution in [0, 0.1) is 0 Å². The zero-order valence-corrected chi connectivity index (χ0v) is 11.0. The van der Waals surface area contributed by atoms with Crippen LogP contribution in [0.25, 0.3) is 5.69 Å². The Labute approximate surface area is 112 Å². The van der Waals surface area contributed by atoms with E-state index in [9.17, 15) is 4.79 Å². The largest absolute Gasteiger partial charge is 0.481 e. The fourth-order valence-electron chi connectivity index (χ4n) is 1.68. The topological polar surface area (TPSA) is 81.1 Å². The molecule has 2 aromatic rings. The summed E-state index contributed by atoms with van der Waals surface area (Å²) in [5, 5.41) is 13.2. The lowest BCUT2D eigenvalue weighted by Gasteiger charge is -2.10. The third kappa shape index (κ3) is 2.60. The molecule has 94 valence electrons. The highest BCUT2D eigenvalue weighted by molar-refractivity contribution is 9.10. The molecule has 0 radical (unpaired) electrons. The second kappa shape index (κ2) is 5.32. The molecule has 6 heteroatoms. The van der Waals surface area contributed by atoms with E-state index in [-0.39, 0.29) is 6.54 Å². The fourth-order valence-corrected chi connectivity index (χ4v) is 1.97. The van der Waals surface area contributed by atoms with Crippen LogP contribution in [0.5, 0.6) is 0 Å². The monoisotopic (exact) mass is 309 g/mol. The molecule has 18 heavy (non-hydrogen) atoms. The lowest BCUT2D eigenvalue weighted by Crippen LogP contribution is -2.21. The first-order chi connectivity index (χ1) is 8.61. The molecule has 1 aromatic carbocycles. The summed E-state index contributed by atoms with van der Waals surface area (Å²) in [5.74, 6) is -1.57. The van der Waals surface area contributed by atoms with Gasteiger partial charge in [0.25, 0.3) is 0 Å². The Bertz CT molecular complexity index is 551. The van der Waals surface area contributed by atoms with Crippen molar-refractivity contribution in [3.63, 3.8) is 0 Å². The third-order valence-electron chi connectivity index (χ3n) is 2.64. The van der Waals surface area contributed by atoms with Crippen LogP contribution in [0.3, 0.4) is 0 Å². The molecule has 0 amide bonds. The van der Waals surface area contributed by atoms with Crippen LogP contribution in [0.15, 0.2) is 41.1 Å². The van der Waals surface area contributed by atoms with Gasteiger partial charge in [0.2, 0.25) is 0 Å². The predicted octanol–water partition coefficient (Wildman–Crippen LogP) is 1.76. The average molecular weight is 310 g/mol. The van der Waals surface area contributed by atoms with Gasteiger partial charge < -0.3 is 10.8 Å². The summed E-state index contributed by atoms with van der Waals surface area (Å²) < 4.78 is 2.59. The van der Waals surface area contributed by atoms with Crippen molar-refractivity contribution in [2.75, 3.05) is 6.54 Å². The van der Waals surface area contributed by atoms with E-state index in [0.29, 0.717) is 5.56 Å². The first kappa shape index (κ1) is 12.8. The van der Waals surface area contributed by atoms with Crippen LogP contribution in [-0.2, 0) is 4.79 Å². The fraction of sp³-hybridized carbons (Fsp3) is 0.167. The van der Waals surface area contributed by atoms with Crippen LogP contribution in [0.4, 0.5) is 0 Å². The Kier molecular flexibility index (Phi) is 3.78. The molecule has 1 aromatic heterocycles. The molecule has 0 bridgehead atoms. The Morgan fingerprint density at radius 3 is 2.56 bits per heavy atom. The zero-order valence-electron chi connectivity index (χ0n) is 9.45. The quantitative estimate of drug-likeness (QED) is 0.901. The number of nitrogens with two attached hydrogens (primary N) is 1. The molecule has 0 aliphatic rings. The second-order valence-electron chi connectivity index (χ2n) is 3.82. The highest BCUT2D eigenvalue weighted by Gasteiger charge is 2.17. The summed E-state index contributed by atoms with van der Waals surface area (Å²) in [7, 11) is 0. The van der Waals surface area contributed by atoms with E-state index < -0.39 is 11.9 Å². The third-order valence-corrected chi connectivity index (χ3v) is 3.05. The number of hydrogen-bond donors (Lipinski definition) is 2. The van der Waals surface area contributed by atoms with E-state index in [2.05, 4.69) is 21.0 Å². The van der Waals surface area contributed by atoms with Gasteiger partial charge in [0.1, 0.15) is 0 Å². The number of aliphatic carboxylic acids is 1. The molecule has 0 aliphatic heterocycles. The van der Waals surface area contributed by atoms with E-state index in [0.717, 1.165) is 10.2 Å². The van der Waals surface area contributed by atoms with Gasteiger partial charge in [-0.25, -0.2) is 4.68 Å². The van der Waals surface area contributed by atoms with Crippen molar-refractivity contribution in [3.8, 4) is 5.69 Å². The molecule has 0 fully saturated rings. The molecule has 3 N–H and O–H groups in total. The number of rotatable bonds is 4. The summed E-state index contributed by atoms with van der Waals surface area (Å²) in [5.41, 5.74) is 7.01. The van der Waals surface area contributed by atoms with Crippen LogP contribution in [0.2, 0.25) is 0 Å². The lowest BCUT2D eigenvalue weighted by molar-refractivity contribution is -0.138. The summed E-state index contributed by atoms with van der Waals surface area (Å²) in [4.78, 5) is 11.0. The summed E-state index contributed by atoms with van der Waals surface area (Å²) in [6, 6.07) is 7.16. The van der Waals surface area contributed by atoms with Crippen molar-refractivity contribution in [1.29, 1.82) is 0 Å². The van der Waals surface area contributed by atoms with Crippen molar-refractivity contribution < 1.29 is 9.90 Å². The number of hydrogen-bond acceptors (Lipinski definition) is 3. The van der Waals surface area contributed by atoms with Gasteiger partial charge >= 0.3 is 5.97 Å². The number of nitrogens with zero attached hydrogens (tertiary/aromatic N) is 2. The lowest BCUT2D eigenvalue weighted by atomic mass is 9.99. The van der Waals surface area contributed by atoms with E-state index in [4.69, 9.17) is 10.8 Å². The molecular weight excluding hydrogens is 298 g/mol. The molecule has 5 nitrogen and oxygen atoms in total. The number of halogens is 1. The van der Waals surface area contributed by atoms with Crippen LogP contribution in [-0.4, -0.2) is 27.4 Å². The minimum absolute atomic E-state index is 0.0853. The molecule has 2 rings (SSSR count). The zero-order chi connectivity index (χ0) is 13.1. The van der Waals surface area contributed by atoms with Gasteiger partial charge in [0.15, 0.2) is 0 Å². The van der Waals surface area contributed by atoms with Gasteiger partial charge in [0, 0.05) is 12.7 Å². The van der Waals surface area contributed by atoms with Gasteiger partial charge in [-0.2, -0.15) is 5.10 Å². The van der Waals surface area contributed by atoms with Gasteiger partial charge in [-0.1, -0.05) is 12.1 Å². The van der Waals surface area contributed by atoms with E-state index in [1.165, 1.54) is 0 Å². The first-order valence-electron chi connectivity index (χ1n) is 5.35. The molecule has 1 unspecified atom stereocenters. The summed E-state index contributed by atoms with van der Waals surface area (Å²) in [6.07, 6.45) is 3.51. The first-order valence-corrected chi connectivity index (χ1v) is 6.14. The van der Waals surface area contributed by atoms with Gasteiger partial charge in [-0.3, -0.25) is 4.79 Å². The molecule has 0 aliphatic carbocycles. The van der Waals surface area contributed by atoms with Crippen molar-refractivity contribution >= 4 is 21.9 Å².